The summed E-state index contributed by atoms with van der Waals surface area (Å²) in [6.07, 6.45) is 0. The van der Waals surface area contributed by atoms with Crippen LogP contribution in [0.25, 0.3) is 0 Å². The zero-order valence-electron chi connectivity index (χ0n) is 7.79. The minimum absolute atomic E-state index is 0.00668. The molecule has 1 rings (SSSR count). The number of ketones is 1. The van der Waals surface area contributed by atoms with Crippen molar-refractivity contribution >= 4 is 21.7 Å². The summed E-state index contributed by atoms with van der Waals surface area (Å²) in [5.41, 5.74) is 1.26. The molecule has 0 fully saturated rings. The molecular formula is C10H11BrO3. The second-order valence-electron chi connectivity index (χ2n) is 2.74. The molecule has 1 N–H and O–H groups in total. The number of ether oxygens (including phenoxy) is 1. The van der Waals surface area contributed by atoms with Crippen molar-refractivity contribution in [2.24, 2.45) is 0 Å². The Morgan fingerprint density at radius 1 is 1.57 bits per heavy atom. The number of aliphatic hydroxyl groups is 1. The van der Waals surface area contributed by atoms with Crippen molar-refractivity contribution < 1.29 is 14.6 Å². The van der Waals surface area contributed by atoms with Crippen LogP contribution in [0.4, 0.5) is 0 Å². The normalized spacial score (nSPS) is 9.93. The number of benzene rings is 1. The standard InChI is InChI=1S/C10H11BrO3/c1-14-10-4-7(9(13)5-11)2-3-8(10)6-12/h2-4,12H,5-6H2,1H3. The van der Waals surface area contributed by atoms with Gasteiger partial charge in [-0.05, 0) is 6.07 Å². The van der Waals surface area contributed by atoms with Crippen LogP contribution in [0.2, 0.25) is 0 Å². The number of carbonyl (C=O) groups is 1. The number of alkyl halides is 1. The lowest BCUT2D eigenvalue weighted by Gasteiger charge is -2.07. The Kier molecular flexibility index (Phi) is 4.10. The topological polar surface area (TPSA) is 46.5 Å². The molecular weight excluding hydrogens is 248 g/mol. The largest absolute Gasteiger partial charge is 0.496 e. The van der Waals surface area contributed by atoms with Crippen molar-refractivity contribution in [1.82, 2.24) is 0 Å². The maximum absolute atomic E-state index is 11.3. The molecule has 76 valence electrons. The second-order valence-corrected chi connectivity index (χ2v) is 3.30. The molecule has 0 heterocycles. The van der Waals surface area contributed by atoms with Crippen LogP contribution >= 0.6 is 15.9 Å². The van der Waals surface area contributed by atoms with E-state index in [9.17, 15) is 4.79 Å². The summed E-state index contributed by atoms with van der Waals surface area (Å²) in [5, 5.41) is 9.25. The maximum Gasteiger partial charge on any atom is 0.173 e. The third kappa shape index (κ3) is 2.33. The lowest BCUT2D eigenvalue weighted by atomic mass is 10.1. The lowest BCUT2D eigenvalue weighted by Crippen LogP contribution is -2.01. The molecule has 0 bridgehead atoms. The second kappa shape index (κ2) is 5.12. The number of halogens is 1. The van der Waals surface area contributed by atoms with E-state index in [0.29, 0.717) is 16.9 Å². The molecule has 0 saturated heterocycles. The molecule has 0 spiro atoms. The van der Waals surface area contributed by atoms with Gasteiger partial charge in [0.15, 0.2) is 5.78 Å². The van der Waals surface area contributed by atoms with Gasteiger partial charge in [0.1, 0.15) is 5.75 Å². The number of hydrogen-bond donors (Lipinski definition) is 1. The van der Waals surface area contributed by atoms with Crippen LogP contribution in [-0.2, 0) is 6.61 Å². The molecule has 0 radical (unpaired) electrons. The smallest absolute Gasteiger partial charge is 0.173 e. The Morgan fingerprint density at radius 3 is 2.79 bits per heavy atom. The lowest BCUT2D eigenvalue weighted by molar-refractivity contribution is 0.102. The SMILES string of the molecule is COc1cc(C(=O)CBr)ccc1CO. The predicted octanol–water partition coefficient (Wildman–Crippen LogP) is 1.77. The van der Waals surface area contributed by atoms with Gasteiger partial charge in [0.25, 0.3) is 0 Å². The minimum atomic E-state index is -0.0913. The van der Waals surface area contributed by atoms with E-state index in [1.807, 2.05) is 0 Å². The molecule has 0 aliphatic rings. The van der Waals surface area contributed by atoms with Gasteiger partial charge in [0, 0.05) is 11.1 Å². The molecule has 14 heavy (non-hydrogen) atoms. The Balaban J connectivity index is 3.07. The molecule has 0 aliphatic carbocycles. The molecule has 0 unspecified atom stereocenters. The van der Waals surface area contributed by atoms with Gasteiger partial charge in [-0.25, -0.2) is 0 Å². The molecule has 0 saturated carbocycles. The number of aliphatic hydroxyl groups excluding tert-OH is 1. The fourth-order valence-electron chi connectivity index (χ4n) is 1.13. The fourth-order valence-corrected chi connectivity index (χ4v) is 1.45. The number of hydrogen-bond acceptors (Lipinski definition) is 3. The molecule has 1 aromatic carbocycles. The first-order chi connectivity index (χ1) is 6.72. The first-order valence-corrected chi connectivity index (χ1v) is 5.22. The van der Waals surface area contributed by atoms with Gasteiger partial charge in [-0.3, -0.25) is 4.79 Å². The Bertz CT molecular complexity index is 336. The van der Waals surface area contributed by atoms with Crippen LogP contribution in [0.1, 0.15) is 15.9 Å². The van der Waals surface area contributed by atoms with E-state index in [1.165, 1.54) is 7.11 Å². The first kappa shape index (κ1) is 11.2. The summed E-state index contributed by atoms with van der Waals surface area (Å²) in [4.78, 5) is 11.3. The molecule has 0 aromatic heterocycles. The van der Waals surface area contributed by atoms with Gasteiger partial charge < -0.3 is 9.84 Å². The van der Waals surface area contributed by atoms with E-state index in [1.54, 1.807) is 18.2 Å². The first-order valence-electron chi connectivity index (χ1n) is 4.10. The highest BCUT2D eigenvalue weighted by atomic mass is 79.9. The van der Waals surface area contributed by atoms with Crippen molar-refractivity contribution in [1.29, 1.82) is 0 Å². The van der Waals surface area contributed by atoms with Crippen LogP contribution in [-0.4, -0.2) is 23.3 Å². The summed E-state index contributed by atoms with van der Waals surface area (Å²) in [6, 6.07) is 5.00. The van der Waals surface area contributed by atoms with Crippen molar-refractivity contribution in [3.63, 3.8) is 0 Å². The summed E-state index contributed by atoms with van der Waals surface area (Å²) >= 11 is 3.09. The quantitative estimate of drug-likeness (QED) is 0.662. The van der Waals surface area contributed by atoms with E-state index >= 15 is 0 Å². The van der Waals surface area contributed by atoms with Gasteiger partial charge in [0.2, 0.25) is 0 Å². The van der Waals surface area contributed by atoms with Crippen molar-refractivity contribution in [3.8, 4) is 5.75 Å². The summed E-state index contributed by atoms with van der Waals surface area (Å²) in [7, 11) is 1.51. The van der Waals surface area contributed by atoms with Crippen molar-refractivity contribution in [3.05, 3.63) is 29.3 Å². The average Bonchev–Trinajstić information content (AvgIpc) is 2.26. The molecule has 4 heteroatoms. The summed E-state index contributed by atoms with van der Waals surface area (Å²) in [5.74, 6) is 0.534. The Hall–Kier alpha value is -0.870. The average molecular weight is 259 g/mol. The minimum Gasteiger partial charge on any atom is -0.496 e. The fraction of sp³-hybridized carbons (Fsp3) is 0.300. The summed E-state index contributed by atoms with van der Waals surface area (Å²) < 4.78 is 5.04. The monoisotopic (exact) mass is 258 g/mol. The van der Waals surface area contributed by atoms with Crippen LogP contribution in [0.15, 0.2) is 18.2 Å². The maximum atomic E-state index is 11.3. The van der Waals surface area contributed by atoms with E-state index in [-0.39, 0.29) is 17.7 Å². The van der Waals surface area contributed by atoms with Gasteiger partial charge in [-0.1, -0.05) is 28.1 Å². The van der Waals surface area contributed by atoms with Crippen molar-refractivity contribution in [2.45, 2.75) is 6.61 Å². The van der Waals surface area contributed by atoms with Gasteiger partial charge in [-0.15, -0.1) is 0 Å². The highest BCUT2D eigenvalue weighted by Gasteiger charge is 2.08. The van der Waals surface area contributed by atoms with Crippen LogP contribution in [0.3, 0.4) is 0 Å². The molecule has 3 nitrogen and oxygen atoms in total. The number of rotatable bonds is 4. The van der Waals surface area contributed by atoms with Crippen LogP contribution < -0.4 is 4.74 Å². The number of methoxy groups -OCH3 is 1. The number of carbonyl (C=O) groups excluding carboxylic acids is 1. The van der Waals surface area contributed by atoms with Gasteiger partial charge in [-0.2, -0.15) is 0 Å². The predicted molar refractivity (Wildman–Crippen MR) is 57.0 cm³/mol. The highest BCUT2D eigenvalue weighted by molar-refractivity contribution is 9.09. The van der Waals surface area contributed by atoms with Gasteiger partial charge >= 0.3 is 0 Å². The van der Waals surface area contributed by atoms with E-state index < -0.39 is 0 Å². The Labute approximate surface area is 90.8 Å². The highest BCUT2D eigenvalue weighted by Crippen LogP contribution is 2.20. The molecule has 0 aliphatic heterocycles. The third-order valence-electron chi connectivity index (χ3n) is 1.90. The van der Waals surface area contributed by atoms with E-state index in [2.05, 4.69) is 15.9 Å². The van der Waals surface area contributed by atoms with Crippen LogP contribution in [0, 0.1) is 0 Å². The Morgan fingerprint density at radius 2 is 2.29 bits per heavy atom. The van der Waals surface area contributed by atoms with E-state index in [0.717, 1.165) is 0 Å². The molecule has 0 atom stereocenters. The summed E-state index contributed by atoms with van der Waals surface area (Å²) in [6.45, 7) is -0.0913. The number of Topliss-reactive ketones (excluding diaryl/α,β-unsaturated/α-hetero) is 1. The van der Waals surface area contributed by atoms with Gasteiger partial charge in [0.05, 0.1) is 19.0 Å². The van der Waals surface area contributed by atoms with Crippen LogP contribution in [0.5, 0.6) is 5.75 Å². The molecule has 1 aromatic rings. The molecule has 0 amide bonds. The third-order valence-corrected chi connectivity index (χ3v) is 2.41. The zero-order chi connectivity index (χ0) is 10.6. The van der Waals surface area contributed by atoms with E-state index in [4.69, 9.17) is 9.84 Å². The van der Waals surface area contributed by atoms with Crippen molar-refractivity contribution in [2.75, 3.05) is 12.4 Å². The zero-order valence-corrected chi connectivity index (χ0v) is 9.37.